The van der Waals surface area contributed by atoms with E-state index in [-0.39, 0.29) is 0 Å². The summed E-state index contributed by atoms with van der Waals surface area (Å²) < 4.78 is 5.87. The Morgan fingerprint density at radius 2 is 0.421 bits per heavy atom. The normalized spacial score (nSPS) is 11.3. The third-order valence-electron chi connectivity index (χ3n) is 12.3. The molecule has 0 saturated carbocycles. The van der Waals surface area contributed by atoms with Crippen LogP contribution in [0.3, 0.4) is 0 Å². The zero-order valence-electron chi connectivity index (χ0n) is 40.1. The van der Waals surface area contributed by atoms with Crippen LogP contribution >= 0.6 is 0 Å². The van der Waals surface area contributed by atoms with Crippen LogP contribution in [0, 0.1) is 0 Å². The minimum atomic E-state index is -0.653. The van der Waals surface area contributed by atoms with Crippen LogP contribution in [-0.4, -0.2) is 24.3 Å². The molecule has 0 spiro atoms. The molecule has 0 aromatic heterocycles. The van der Waals surface area contributed by atoms with Crippen LogP contribution in [0.2, 0.25) is 0 Å². The molecule has 3 heteroatoms. The first kappa shape index (κ1) is 58.5. The van der Waals surface area contributed by atoms with Gasteiger partial charge in [-0.05, 0) is 19.3 Å². The Kier molecular flexibility index (Phi) is 59.1. The van der Waals surface area contributed by atoms with Crippen molar-refractivity contribution < 1.29 is 14.6 Å². The van der Waals surface area contributed by atoms with Crippen molar-refractivity contribution in [1.29, 1.82) is 0 Å². The topological polar surface area (TPSA) is 46.5 Å². The van der Waals surface area contributed by atoms with Gasteiger partial charge in [-0.25, -0.2) is 0 Å². The third-order valence-corrected chi connectivity index (χ3v) is 12.3. The summed E-state index contributed by atoms with van der Waals surface area (Å²) in [5.74, 6) is -0.653. The number of hydrogen-bond donors (Lipinski definition) is 1. The maximum atomic E-state index is 10.3. The van der Waals surface area contributed by atoms with Crippen LogP contribution in [0.4, 0.5) is 0 Å². The van der Waals surface area contributed by atoms with E-state index in [9.17, 15) is 4.79 Å². The quantitative estimate of drug-likeness (QED) is 0.0623. The highest BCUT2D eigenvalue weighted by atomic mass is 16.5. The lowest BCUT2D eigenvalue weighted by atomic mass is 10.0. The molecule has 0 aliphatic carbocycles. The smallest absolute Gasteiger partial charge is 0.303 e. The standard InChI is InChI=1S/C36H74O.C18H36O2/c1-3-5-7-9-11-13-15-17-19-21-23-25-27-29-31-33-35-37-36-34-32-30-28-26-24-22-20-18-16-14-12-10-8-6-4-2;1-2-3-4-5-6-7-8-9-10-11-12-13-14-15-16-17-18(19)20/h3-36H2,1-2H3;2-17H2,1H3,(H,19,20). The van der Waals surface area contributed by atoms with Crippen LogP contribution in [0.1, 0.15) is 329 Å². The molecule has 0 fully saturated rings. The summed E-state index contributed by atoms with van der Waals surface area (Å²) in [5.41, 5.74) is 0. The highest BCUT2D eigenvalue weighted by Gasteiger charge is 1.99. The number of carboxylic acids is 1. The van der Waals surface area contributed by atoms with E-state index in [1.807, 2.05) is 0 Å². The van der Waals surface area contributed by atoms with Crippen molar-refractivity contribution >= 4 is 5.97 Å². The Labute approximate surface area is 361 Å². The molecule has 0 heterocycles. The number of aliphatic carboxylic acids is 1. The van der Waals surface area contributed by atoms with Gasteiger partial charge in [0.2, 0.25) is 0 Å². The molecule has 0 atom stereocenters. The minimum Gasteiger partial charge on any atom is -0.481 e. The molecular formula is C54H110O3. The van der Waals surface area contributed by atoms with E-state index in [2.05, 4.69) is 20.8 Å². The second-order valence-corrected chi connectivity index (χ2v) is 18.3. The fourth-order valence-electron chi connectivity index (χ4n) is 8.25. The van der Waals surface area contributed by atoms with Crippen molar-refractivity contribution in [2.75, 3.05) is 13.2 Å². The molecule has 3 nitrogen and oxygen atoms in total. The zero-order chi connectivity index (χ0) is 41.6. The summed E-state index contributed by atoms with van der Waals surface area (Å²) in [7, 11) is 0. The van der Waals surface area contributed by atoms with Crippen LogP contribution in [-0.2, 0) is 9.53 Å². The molecule has 1 N–H and O–H groups in total. The number of ether oxygens (including phenoxy) is 1. The molecule has 0 aliphatic heterocycles. The first-order valence-electron chi connectivity index (χ1n) is 27.0. The Hall–Kier alpha value is -0.570. The molecule has 0 aromatic rings. The molecular weight excluding hydrogens is 697 g/mol. The molecule has 0 saturated heterocycles. The van der Waals surface area contributed by atoms with Crippen LogP contribution in [0.5, 0.6) is 0 Å². The van der Waals surface area contributed by atoms with Crippen molar-refractivity contribution in [1.82, 2.24) is 0 Å². The van der Waals surface area contributed by atoms with Gasteiger partial charge in [0.15, 0.2) is 0 Å². The van der Waals surface area contributed by atoms with Crippen molar-refractivity contribution in [2.24, 2.45) is 0 Å². The monoisotopic (exact) mass is 807 g/mol. The fraction of sp³-hybridized carbons (Fsp3) is 0.981. The van der Waals surface area contributed by atoms with E-state index >= 15 is 0 Å². The minimum absolute atomic E-state index is 0.345. The van der Waals surface area contributed by atoms with E-state index < -0.39 is 5.97 Å². The predicted octanol–water partition coefficient (Wildman–Crippen LogP) is 19.9. The van der Waals surface area contributed by atoms with Gasteiger partial charge in [-0.1, -0.05) is 303 Å². The highest BCUT2D eigenvalue weighted by Crippen LogP contribution is 2.17. The number of rotatable bonds is 50. The SMILES string of the molecule is CCCCCCCCCCCCCCCCCC(=O)O.CCCCCCCCCCCCCCCCCCOCCCCCCCCCCCCCCCCCC. The average Bonchev–Trinajstić information content (AvgIpc) is 3.21. The maximum Gasteiger partial charge on any atom is 0.303 e. The molecule has 0 rings (SSSR count). The van der Waals surface area contributed by atoms with Crippen molar-refractivity contribution in [3.63, 3.8) is 0 Å². The van der Waals surface area contributed by atoms with Gasteiger partial charge < -0.3 is 9.84 Å². The highest BCUT2D eigenvalue weighted by molar-refractivity contribution is 5.66. The van der Waals surface area contributed by atoms with Gasteiger partial charge in [0.1, 0.15) is 0 Å². The molecule has 0 aromatic carbocycles. The van der Waals surface area contributed by atoms with Gasteiger partial charge in [0.25, 0.3) is 0 Å². The van der Waals surface area contributed by atoms with Crippen molar-refractivity contribution in [3.05, 3.63) is 0 Å². The van der Waals surface area contributed by atoms with E-state index in [0.29, 0.717) is 6.42 Å². The summed E-state index contributed by atoms with van der Waals surface area (Å²) in [4.78, 5) is 10.3. The van der Waals surface area contributed by atoms with Crippen LogP contribution in [0.25, 0.3) is 0 Å². The second kappa shape index (κ2) is 57.5. The third kappa shape index (κ3) is 62.2. The lowest BCUT2D eigenvalue weighted by Gasteiger charge is -2.06. The number of unbranched alkanes of at least 4 members (excludes halogenated alkanes) is 44. The fourth-order valence-corrected chi connectivity index (χ4v) is 8.25. The van der Waals surface area contributed by atoms with Crippen LogP contribution < -0.4 is 0 Å². The van der Waals surface area contributed by atoms with Gasteiger partial charge in [-0.3, -0.25) is 4.79 Å². The lowest BCUT2D eigenvalue weighted by Crippen LogP contribution is -1.97. The summed E-state index contributed by atoms with van der Waals surface area (Å²) >= 11 is 0. The number of carbonyl (C=O) groups is 1. The van der Waals surface area contributed by atoms with Crippen molar-refractivity contribution in [3.8, 4) is 0 Å². The lowest BCUT2D eigenvalue weighted by molar-refractivity contribution is -0.137. The van der Waals surface area contributed by atoms with Gasteiger partial charge in [0, 0.05) is 19.6 Å². The summed E-state index contributed by atoms with van der Waals surface area (Å²) in [6, 6.07) is 0. The Balaban J connectivity index is 0. The Morgan fingerprint density at radius 3 is 0.596 bits per heavy atom. The molecule has 57 heavy (non-hydrogen) atoms. The van der Waals surface area contributed by atoms with E-state index in [0.717, 1.165) is 26.1 Å². The average molecular weight is 807 g/mol. The number of hydrogen-bond acceptors (Lipinski definition) is 2. The Bertz CT molecular complexity index is 644. The van der Waals surface area contributed by atoms with E-state index in [1.54, 1.807) is 0 Å². The zero-order valence-corrected chi connectivity index (χ0v) is 40.1. The van der Waals surface area contributed by atoms with Gasteiger partial charge in [-0.15, -0.1) is 0 Å². The molecule has 0 amide bonds. The molecule has 0 radical (unpaired) electrons. The molecule has 0 unspecified atom stereocenters. The predicted molar refractivity (Wildman–Crippen MR) is 257 cm³/mol. The summed E-state index contributed by atoms with van der Waals surface area (Å²) in [6.07, 6.45) is 66.2. The van der Waals surface area contributed by atoms with Crippen LogP contribution in [0.15, 0.2) is 0 Å². The first-order chi connectivity index (χ1) is 28.2. The maximum absolute atomic E-state index is 10.3. The largest absolute Gasteiger partial charge is 0.481 e. The van der Waals surface area contributed by atoms with Gasteiger partial charge >= 0.3 is 5.97 Å². The van der Waals surface area contributed by atoms with E-state index in [1.165, 1.54) is 289 Å². The second-order valence-electron chi connectivity index (χ2n) is 18.3. The first-order valence-corrected chi connectivity index (χ1v) is 27.0. The Morgan fingerprint density at radius 1 is 0.263 bits per heavy atom. The summed E-state index contributed by atoms with van der Waals surface area (Å²) in [5, 5.41) is 8.52. The van der Waals surface area contributed by atoms with E-state index in [4.69, 9.17) is 9.84 Å². The molecule has 344 valence electrons. The van der Waals surface area contributed by atoms with Gasteiger partial charge in [0.05, 0.1) is 0 Å². The van der Waals surface area contributed by atoms with Crippen molar-refractivity contribution in [2.45, 2.75) is 329 Å². The number of carboxylic acid groups (broad SMARTS) is 1. The van der Waals surface area contributed by atoms with Gasteiger partial charge in [-0.2, -0.15) is 0 Å². The summed E-state index contributed by atoms with van der Waals surface area (Å²) in [6.45, 7) is 8.87. The molecule has 0 bridgehead atoms. The molecule has 0 aliphatic rings.